The number of carbonyl (C=O) groups excluding carboxylic acids is 1. The number of likely N-dealkylation sites (N-methyl/N-ethyl adjacent to an activating group) is 1. The number of amides is 1. The van der Waals surface area contributed by atoms with Gasteiger partial charge in [0.2, 0.25) is 0 Å². The zero-order valence-electron chi connectivity index (χ0n) is 13.8. The van der Waals surface area contributed by atoms with Crippen LogP contribution in [0.1, 0.15) is 18.2 Å². The van der Waals surface area contributed by atoms with Crippen molar-refractivity contribution in [3.63, 3.8) is 0 Å². The van der Waals surface area contributed by atoms with Gasteiger partial charge in [0.15, 0.2) is 12.3 Å². The third kappa shape index (κ3) is 7.09. The second-order valence-electron chi connectivity index (χ2n) is 3.92. The van der Waals surface area contributed by atoms with Crippen LogP contribution in [0.15, 0.2) is 28.0 Å². The minimum atomic E-state index is -0.442. The van der Waals surface area contributed by atoms with Crippen LogP contribution in [0.5, 0.6) is 0 Å². The summed E-state index contributed by atoms with van der Waals surface area (Å²) < 4.78 is 0. The fourth-order valence-electron chi connectivity index (χ4n) is 1.41. The van der Waals surface area contributed by atoms with Crippen LogP contribution in [-0.2, 0) is 58.6 Å². The Morgan fingerprint density at radius 2 is 2.08 bits per heavy atom. The topological polar surface area (TPSA) is 120 Å². The Labute approximate surface area is 164 Å². The summed E-state index contributed by atoms with van der Waals surface area (Å²) in [5.41, 5.74) is 1.19. The maximum atomic E-state index is 11.9. The molecule has 0 saturated heterocycles. The number of nitrogens with one attached hydrogen (secondary N) is 1. The van der Waals surface area contributed by atoms with Gasteiger partial charge in [0.1, 0.15) is 20.5 Å². The minimum Gasteiger partial charge on any atom is -0.436 e. The molecule has 0 spiro atoms. The molecule has 0 saturated carbocycles. The third-order valence-electron chi connectivity index (χ3n) is 2.38. The Kier molecular flexibility index (Phi) is 11.5. The normalized spacial score (nSPS) is 11.7. The number of hydrogen-bond acceptors (Lipinski definition) is 9. The second-order valence-corrected chi connectivity index (χ2v) is 3.92. The van der Waals surface area contributed by atoms with Gasteiger partial charge in [-0.05, 0) is 0 Å². The van der Waals surface area contributed by atoms with Crippen LogP contribution in [0.4, 0.5) is 0 Å². The molecule has 0 bridgehead atoms. The van der Waals surface area contributed by atoms with Crippen molar-refractivity contribution in [1.82, 2.24) is 15.3 Å². The first-order valence-electron chi connectivity index (χ1n) is 6.42. The van der Waals surface area contributed by atoms with E-state index in [1.165, 1.54) is 33.8 Å². The molecule has 24 heavy (non-hydrogen) atoms. The molecule has 0 fully saturated rings. The summed E-state index contributed by atoms with van der Waals surface area (Å²) in [5.74, 6) is -0.442. The van der Waals surface area contributed by atoms with Crippen molar-refractivity contribution < 1.29 is 52.0 Å². The van der Waals surface area contributed by atoms with Gasteiger partial charge in [0.25, 0.3) is 5.91 Å². The minimum absolute atomic E-state index is 0. The van der Waals surface area contributed by atoms with Crippen LogP contribution in [0.25, 0.3) is 0 Å². The maximum absolute atomic E-state index is 11.9. The zero-order valence-corrected chi connectivity index (χ0v) is 16.6. The Bertz CT molecular complexity index is 620. The molecular weight excluding hydrogens is 393 g/mol. The molecule has 1 aromatic heterocycles. The van der Waals surface area contributed by atoms with Gasteiger partial charge in [-0.1, -0.05) is 17.8 Å². The van der Waals surface area contributed by atoms with Crippen molar-refractivity contribution >= 4 is 23.5 Å². The van der Waals surface area contributed by atoms with E-state index >= 15 is 0 Å². The molecule has 1 rings (SSSR count). The Balaban J connectivity index is 0.00000529. The van der Waals surface area contributed by atoms with Crippen LogP contribution in [0.2, 0.25) is 0 Å². The first-order chi connectivity index (χ1) is 11.1. The van der Waals surface area contributed by atoms with Gasteiger partial charge in [0.05, 0.1) is 11.3 Å². The van der Waals surface area contributed by atoms with Crippen molar-refractivity contribution in [3.05, 3.63) is 23.8 Å². The third-order valence-corrected chi connectivity index (χ3v) is 2.38. The average Bonchev–Trinajstić information content (AvgIpc) is 2.57. The van der Waals surface area contributed by atoms with E-state index in [2.05, 4.69) is 41.8 Å². The standard InChI is InChI=1S/C13H17N6O4.Y/c1-9(5-17-21-3)18-23-7-11-10(6-15-8-16-11)12(19-22-4)13(20)14-2;/h6,8H,7H2,1-4H3,(H,14,20);/q-1;/b18-9+,19-12+;. The van der Waals surface area contributed by atoms with Crippen molar-refractivity contribution in [2.24, 2.45) is 15.5 Å². The van der Waals surface area contributed by atoms with Crippen LogP contribution in [-0.4, -0.2) is 54.8 Å². The predicted octanol–water partition coefficient (Wildman–Crippen LogP) is -0.0277. The Morgan fingerprint density at radius 1 is 1.33 bits per heavy atom. The van der Waals surface area contributed by atoms with Gasteiger partial charge in [0, 0.05) is 46.0 Å². The van der Waals surface area contributed by atoms with E-state index in [9.17, 15) is 4.79 Å². The van der Waals surface area contributed by atoms with E-state index in [1.54, 1.807) is 6.92 Å². The molecule has 127 valence electrons. The largest absolute Gasteiger partial charge is 0.436 e. The van der Waals surface area contributed by atoms with E-state index in [-0.39, 0.29) is 45.0 Å². The molecule has 1 aromatic rings. The summed E-state index contributed by atoms with van der Waals surface area (Å²) in [6, 6.07) is 0. The SMILES string of the molecule is CNC(=O)/C(=N/OC)c1cncnc1CO/N=C(\C)[C-]=NOC.[Y]. The summed E-state index contributed by atoms with van der Waals surface area (Å²) in [7, 11) is 4.21. The number of hydrogen-bond donors (Lipinski definition) is 1. The van der Waals surface area contributed by atoms with Crippen LogP contribution in [0.3, 0.4) is 0 Å². The maximum Gasteiger partial charge on any atom is 0.273 e. The average molecular weight is 410 g/mol. The molecule has 1 heterocycles. The monoisotopic (exact) mass is 410 g/mol. The van der Waals surface area contributed by atoms with Crippen molar-refractivity contribution in [1.29, 1.82) is 0 Å². The molecule has 1 radical (unpaired) electrons. The molecule has 0 atom stereocenters. The molecule has 11 heteroatoms. The molecule has 0 aliphatic heterocycles. The molecular formula is C13H17N6O4Y-. The van der Waals surface area contributed by atoms with Crippen LogP contribution in [0, 0.1) is 0 Å². The summed E-state index contributed by atoms with van der Waals surface area (Å²) in [4.78, 5) is 34.1. The first-order valence-corrected chi connectivity index (χ1v) is 6.42. The van der Waals surface area contributed by atoms with Gasteiger partial charge >= 0.3 is 0 Å². The molecule has 1 N–H and O–H groups in total. The summed E-state index contributed by atoms with van der Waals surface area (Å²) >= 11 is 0. The number of aromatic nitrogens is 2. The number of rotatable bonds is 8. The van der Waals surface area contributed by atoms with E-state index in [0.29, 0.717) is 17.0 Å². The fourth-order valence-corrected chi connectivity index (χ4v) is 1.41. The van der Waals surface area contributed by atoms with Crippen LogP contribution >= 0.6 is 0 Å². The molecule has 0 unspecified atom stereocenters. The fraction of sp³-hybridized carbons (Fsp3) is 0.385. The predicted molar refractivity (Wildman–Crippen MR) is 82.0 cm³/mol. The molecule has 0 aliphatic rings. The summed E-state index contributed by atoms with van der Waals surface area (Å²) in [6.45, 7) is 1.62. The van der Waals surface area contributed by atoms with Crippen LogP contribution < -0.4 is 5.32 Å². The van der Waals surface area contributed by atoms with Gasteiger partial charge in [-0.3, -0.25) is 4.79 Å². The first kappa shape index (κ1) is 22.1. The van der Waals surface area contributed by atoms with E-state index in [0.717, 1.165) is 0 Å². The quantitative estimate of drug-likeness (QED) is 0.365. The van der Waals surface area contributed by atoms with Gasteiger partial charge in [-0.15, -0.1) is 5.16 Å². The van der Waals surface area contributed by atoms with E-state index in [4.69, 9.17) is 9.68 Å². The van der Waals surface area contributed by atoms with Crippen molar-refractivity contribution in [2.75, 3.05) is 21.3 Å². The smallest absolute Gasteiger partial charge is 0.273 e. The molecule has 1 amide bonds. The van der Waals surface area contributed by atoms with Crippen molar-refractivity contribution in [2.45, 2.75) is 13.5 Å². The summed E-state index contributed by atoms with van der Waals surface area (Å²) in [5, 5.41) is 13.4. The van der Waals surface area contributed by atoms with Gasteiger partial charge < -0.3 is 31.2 Å². The summed E-state index contributed by atoms with van der Waals surface area (Å²) in [6.07, 6.45) is 5.25. The molecule has 0 aromatic carbocycles. The number of oxime groups is 2. The van der Waals surface area contributed by atoms with Gasteiger partial charge in [-0.2, -0.15) is 0 Å². The van der Waals surface area contributed by atoms with Crippen molar-refractivity contribution in [3.8, 4) is 0 Å². The van der Waals surface area contributed by atoms with E-state index < -0.39 is 5.91 Å². The molecule has 10 nitrogen and oxygen atoms in total. The van der Waals surface area contributed by atoms with Gasteiger partial charge in [-0.25, -0.2) is 9.97 Å². The molecule has 0 aliphatic carbocycles. The second kappa shape index (κ2) is 12.5. The Hall–Kier alpha value is -1.94. The number of nitrogens with zero attached hydrogens (tertiary/aromatic N) is 5. The van der Waals surface area contributed by atoms with E-state index in [1.807, 2.05) is 0 Å². The number of carbonyl (C=O) groups is 1. The Morgan fingerprint density at radius 3 is 2.71 bits per heavy atom. The zero-order chi connectivity index (χ0) is 17.1.